The molecule has 0 amide bonds. The number of benzene rings is 1. The molecule has 0 spiro atoms. The van der Waals surface area contributed by atoms with Crippen LogP contribution in [0, 0.1) is 5.41 Å². The lowest BCUT2D eigenvalue weighted by atomic mass is 9.86. The quantitative estimate of drug-likeness (QED) is 0.822. The van der Waals surface area contributed by atoms with E-state index in [1.165, 1.54) is 42.6 Å². The number of likely N-dealkylation sites (tertiary alicyclic amines) is 1. The molecule has 0 unspecified atom stereocenters. The molecule has 4 nitrogen and oxygen atoms in total. The number of piperidine rings is 1. The molecule has 0 bridgehead atoms. The highest BCUT2D eigenvalue weighted by Gasteiger charge is 2.34. The third-order valence-corrected chi connectivity index (χ3v) is 5.88. The molecule has 1 saturated heterocycles. The number of methoxy groups -OCH3 is 1. The Morgan fingerprint density at radius 1 is 1.16 bits per heavy atom. The van der Waals surface area contributed by atoms with Crippen LogP contribution in [0.1, 0.15) is 37.8 Å². The fraction of sp³-hybridized carbons (Fsp3) is 0.619. The first kappa shape index (κ1) is 16.9. The molecule has 3 aliphatic heterocycles. The molecule has 0 atom stereocenters. The van der Waals surface area contributed by atoms with Crippen LogP contribution >= 0.6 is 0 Å². The van der Waals surface area contributed by atoms with E-state index in [0.29, 0.717) is 6.04 Å². The highest BCUT2D eigenvalue weighted by molar-refractivity contribution is 5.78. The van der Waals surface area contributed by atoms with Gasteiger partial charge in [0.25, 0.3) is 0 Å². The predicted octanol–water partition coefficient (Wildman–Crippen LogP) is 3.41. The summed E-state index contributed by atoms with van der Waals surface area (Å²) in [6.45, 7) is 9.62. The molecule has 1 aromatic rings. The van der Waals surface area contributed by atoms with Gasteiger partial charge in [0, 0.05) is 35.7 Å². The minimum atomic E-state index is 0.0502. The summed E-state index contributed by atoms with van der Waals surface area (Å²) in [5.41, 5.74) is 4.05. The zero-order chi connectivity index (χ0) is 17.6. The summed E-state index contributed by atoms with van der Waals surface area (Å²) in [7, 11) is 4.00. The highest BCUT2D eigenvalue weighted by atomic mass is 16.5. The summed E-state index contributed by atoms with van der Waals surface area (Å²) in [5, 5.41) is 0. The molecule has 1 aromatic carbocycles. The lowest BCUT2D eigenvalue weighted by molar-refractivity contribution is 0.123. The van der Waals surface area contributed by atoms with E-state index in [9.17, 15) is 0 Å². The van der Waals surface area contributed by atoms with Crippen LogP contribution < -0.4 is 9.47 Å². The van der Waals surface area contributed by atoms with Crippen molar-refractivity contribution in [2.24, 2.45) is 5.41 Å². The molecule has 0 aliphatic carbocycles. The second-order valence-corrected chi connectivity index (χ2v) is 8.51. The van der Waals surface area contributed by atoms with Gasteiger partial charge in [0.2, 0.25) is 0 Å². The van der Waals surface area contributed by atoms with Gasteiger partial charge in [-0.25, -0.2) is 0 Å². The van der Waals surface area contributed by atoms with Gasteiger partial charge in [-0.15, -0.1) is 0 Å². The maximum atomic E-state index is 6.17. The number of ether oxygens (including phenoxy) is 2. The van der Waals surface area contributed by atoms with Gasteiger partial charge in [-0.3, -0.25) is 4.90 Å². The topological polar surface area (TPSA) is 24.9 Å². The Balaban J connectivity index is 1.74. The van der Waals surface area contributed by atoms with E-state index >= 15 is 0 Å². The van der Waals surface area contributed by atoms with Crippen molar-refractivity contribution in [3.05, 3.63) is 29.3 Å². The summed E-state index contributed by atoms with van der Waals surface area (Å²) in [6.07, 6.45) is 4.94. The Kier molecular flexibility index (Phi) is 4.28. The monoisotopic (exact) mass is 342 g/mol. The van der Waals surface area contributed by atoms with Gasteiger partial charge in [-0.05, 0) is 50.7 Å². The molecular formula is C21H30N2O2. The minimum Gasteiger partial charge on any atom is -0.496 e. The van der Waals surface area contributed by atoms with Crippen LogP contribution in [0.4, 0.5) is 0 Å². The van der Waals surface area contributed by atoms with E-state index < -0.39 is 0 Å². The number of rotatable bonds is 2. The van der Waals surface area contributed by atoms with Crippen molar-refractivity contribution < 1.29 is 9.47 Å². The predicted molar refractivity (Wildman–Crippen MR) is 101 cm³/mol. The minimum absolute atomic E-state index is 0.0502. The van der Waals surface area contributed by atoms with E-state index in [4.69, 9.17) is 9.47 Å². The summed E-state index contributed by atoms with van der Waals surface area (Å²) < 4.78 is 11.9. The lowest BCUT2D eigenvalue weighted by Crippen LogP contribution is -2.45. The summed E-state index contributed by atoms with van der Waals surface area (Å²) >= 11 is 0. The molecule has 1 fully saturated rings. The van der Waals surface area contributed by atoms with Crippen molar-refractivity contribution in [1.29, 1.82) is 0 Å². The molecule has 0 radical (unpaired) electrons. The second kappa shape index (κ2) is 6.33. The fourth-order valence-corrected chi connectivity index (χ4v) is 4.50. The Labute approximate surface area is 151 Å². The van der Waals surface area contributed by atoms with Gasteiger partial charge in [0.1, 0.15) is 11.5 Å². The van der Waals surface area contributed by atoms with Crippen molar-refractivity contribution in [2.45, 2.75) is 39.3 Å². The van der Waals surface area contributed by atoms with Gasteiger partial charge >= 0.3 is 0 Å². The average Bonchev–Trinajstić information content (AvgIpc) is 2.72. The maximum Gasteiger partial charge on any atom is 0.127 e. The van der Waals surface area contributed by atoms with E-state index in [1.807, 2.05) is 0 Å². The molecule has 4 rings (SSSR count). The SMILES string of the molecule is COc1ccc2c3c1CN(C1CCN(C)CC1)CC3=CC(C)(C)CO2. The zero-order valence-corrected chi connectivity index (χ0v) is 16.0. The van der Waals surface area contributed by atoms with E-state index in [0.717, 1.165) is 31.2 Å². The van der Waals surface area contributed by atoms with Crippen LogP contribution in [0.25, 0.3) is 5.57 Å². The first-order valence-corrected chi connectivity index (χ1v) is 9.44. The summed E-state index contributed by atoms with van der Waals surface area (Å²) in [4.78, 5) is 5.10. The summed E-state index contributed by atoms with van der Waals surface area (Å²) in [5.74, 6) is 2.02. The van der Waals surface area contributed by atoms with Crippen LogP contribution in [0.2, 0.25) is 0 Å². The molecule has 0 aromatic heterocycles. The molecule has 3 heterocycles. The number of hydrogen-bond acceptors (Lipinski definition) is 4. The van der Waals surface area contributed by atoms with Gasteiger partial charge < -0.3 is 14.4 Å². The Morgan fingerprint density at radius 2 is 1.92 bits per heavy atom. The molecule has 25 heavy (non-hydrogen) atoms. The molecule has 0 saturated carbocycles. The van der Waals surface area contributed by atoms with Crippen molar-refractivity contribution >= 4 is 5.57 Å². The van der Waals surface area contributed by atoms with Crippen molar-refractivity contribution in [3.63, 3.8) is 0 Å². The van der Waals surface area contributed by atoms with Crippen LogP contribution in [-0.4, -0.2) is 56.2 Å². The third-order valence-electron chi connectivity index (χ3n) is 5.88. The van der Waals surface area contributed by atoms with E-state index in [-0.39, 0.29) is 5.41 Å². The normalized spacial score (nSPS) is 24.1. The van der Waals surface area contributed by atoms with Crippen LogP contribution in [-0.2, 0) is 6.54 Å². The fourth-order valence-electron chi connectivity index (χ4n) is 4.50. The Morgan fingerprint density at radius 3 is 2.64 bits per heavy atom. The largest absolute Gasteiger partial charge is 0.496 e. The standard InChI is InChI=1S/C21H30N2O2/c1-21(2)11-15-12-23(16-7-9-22(3)10-8-16)13-17-18(24-4)5-6-19(20(15)17)25-14-21/h5-6,11,16H,7-10,12-14H2,1-4H3. The molecule has 4 heteroatoms. The average molecular weight is 342 g/mol. The van der Waals surface area contributed by atoms with Crippen LogP contribution in [0.5, 0.6) is 11.5 Å². The zero-order valence-electron chi connectivity index (χ0n) is 16.0. The molecular weight excluding hydrogens is 312 g/mol. The Hall–Kier alpha value is -1.52. The first-order valence-electron chi connectivity index (χ1n) is 9.44. The highest BCUT2D eigenvalue weighted by Crippen LogP contribution is 2.44. The van der Waals surface area contributed by atoms with Crippen molar-refractivity contribution in [2.75, 3.05) is 40.4 Å². The van der Waals surface area contributed by atoms with Crippen LogP contribution in [0.3, 0.4) is 0 Å². The number of hydrogen-bond donors (Lipinski definition) is 0. The number of nitrogens with zero attached hydrogens (tertiary/aromatic N) is 2. The van der Waals surface area contributed by atoms with Gasteiger partial charge in [-0.1, -0.05) is 19.9 Å². The van der Waals surface area contributed by atoms with Crippen molar-refractivity contribution in [1.82, 2.24) is 9.80 Å². The third kappa shape index (κ3) is 3.18. The molecule has 3 aliphatic rings. The molecule has 0 N–H and O–H groups in total. The molecule has 136 valence electrons. The van der Waals surface area contributed by atoms with E-state index in [2.05, 4.69) is 48.9 Å². The van der Waals surface area contributed by atoms with Gasteiger partial charge in [-0.2, -0.15) is 0 Å². The van der Waals surface area contributed by atoms with Crippen molar-refractivity contribution in [3.8, 4) is 11.5 Å². The summed E-state index contributed by atoms with van der Waals surface area (Å²) in [6, 6.07) is 4.81. The van der Waals surface area contributed by atoms with E-state index in [1.54, 1.807) is 7.11 Å². The van der Waals surface area contributed by atoms with Crippen LogP contribution in [0.15, 0.2) is 18.2 Å². The smallest absolute Gasteiger partial charge is 0.127 e. The first-order chi connectivity index (χ1) is 12.0. The van der Waals surface area contributed by atoms with Gasteiger partial charge in [0.05, 0.1) is 13.7 Å². The Bertz CT molecular complexity index is 687. The lowest BCUT2D eigenvalue weighted by Gasteiger charge is -2.41. The maximum absolute atomic E-state index is 6.17. The second-order valence-electron chi connectivity index (χ2n) is 8.51. The van der Waals surface area contributed by atoms with Gasteiger partial charge in [0.15, 0.2) is 0 Å².